The van der Waals surface area contributed by atoms with E-state index in [2.05, 4.69) is 14.9 Å². The summed E-state index contributed by atoms with van der Waals surface area (Å²) in [6.07, 6.45) is -4.40. The maximum absolute atomic E-state index is 11.9. The number of alkyl halides is 3. The van der Waals surface area contributed by atoms with E-state index >= 15 is 0 Å². The number of hydrogen-bond donors (Lipinski definition) is 1. The number of ether oxygens (including phenoxy) is 1. The van der Waals surface area contributed by atoms with Crippen LogP contribution < -0.4 is 0 Å². The minimum absolute atomic E-state index is 0.0230. The number of aromatic nitrogens is 2. The Morgan fingerprint density at radius 3 is 2.80 bits per heavy atom. The fourth-order valence-corrected chi connectivity index (χ4v) is 1.50. The molecule has 1 N–H and O–H groups in total. The molecule has 0 amide bonds. The SMILES string of the molecule is Cc1ccc(O)c(-c2nc(COCC(F)(F)F)no2)c1. The molecule has 0 saturated carbocycles. The Bertz CT molecular complexity index is 596. The Kier molecular flexibility index (Phi) is 3.93. The van der Waals surface area contributed by atoms with E-state index in [4.69, 9.17) is 4.52 Å². The lowest BCUT2D eigenvalue weighted by Crippen LogP contribution is -2.16. The Morgan fingerprint density at radius 1 is 1.35 bits per heavy atom. The van der Waals surface area contributed by atoms with Crippen LogP contribution in [0.1, 0.15) is 11.4 Å². The lowest BCUT2D eigenvalue weighted by molar-refractivity contribution is -0.177. The molecular weight excluding hydrogens is 277 g/mol. The van der Waals surface area contributed by atoms with Gasteiger partial charge in [0.1, 0.15) is 19.0 Å². The molecule has 0 aliphatic carbocycles. The van der Waals surface area contributed by atoms with Gasteiger partial charge in [-0.15, -0.1) is 0 Å². The fraction of sp³-hybridized carbons (Fsp3) is 0.333. The summed E-state index contributed by atoms with van der Waals surface area (Å²) in [6, 6.07) is 4.79. The molecule has 0 fully saturated rings. The van der Waals surface area contributed by atoms with Crippen molar-refractivity contribution in [1.29, 1.82) is 0 Å². The minimum Gasteiger partial charge on any atom is -0.507 e. The van der Waals surface area contributed by atoms with Crippen LogP contribution in [0, 0.1) is 6.92 Å². The van der Waals surface area contributed by atoms with Gasteiger partial charge in [0.15, 0.2) is 5.82 Å². The van der Waals surface area contributed by atoms with E-state index in [-0.39, 0.29) is 17.5 Å². The topological polar surface area (TPSA) is 68.4 Å². The number of phenols is 1. The van der Waals surface area contributed by atoms with Crippen LogP contribution in [0.3, 0.4) is 0 Å². The van der Waals surface area contributed by atoms with Crippen molar-refractivity contribution < 1.29 is 27.5 Å². The summed E-state index contributed by atoms with van der Waals surface area (Å²) in [5, 5.41) is 13.2. The first-order valence-electron chi connectivity index (χ1n) is 5.62. The summed E-state index contributed by atoms with van der Waals surface area (Å²) < 4.78 is 45.0. The zero-order valence-corrected chi connectivity index (χ0v) is 10.4. The highest BCUT2D eigenvalue weighted by molar-refractivity contribution is 5.62. The molecule has 0 aliphatic heterocycles. The predicted octanol–water partition coefficient (Wildman–Crippen LogP) is 2.83. The molecule has 0 atom stereocenters. The molecule has 8 heteroatoms. The molecule has 0 spiro atoms. The molecule has 108 valence electrons. The van der Waals surface area contributed by atoms with Gasteiger partial charge in [0, 0.05) is 0 Å². The second-order valence-electron chi connectivity index (χ2n) is 4.14. The van der Waals surface area contributed by atoms with Crippen molar-refractivity contribution in [3.63, 3.8) is 0 Å². The molecule has 5 nitrogen and oxygen atoms in total. The van der Waals surface area contributed by atoms with E-state index in [1.807, 2.05) is 6.92 Å². The second-order valence-corrected chi connectivity index (χ2v) is 4.14. The number of hydrogen-bond acceptors (Lipinski definition) is 5. The van der Waals surface area contributed by atoms with Crippen molar-refractivity contribution >= 4 is 0 Å². The molecule has 1 aromatic heterocycles. The summed E-state index contributed by atoms with van der Waals surface area (Å²) in [5.41, 5.74) is 1.19. The Morgan fingerprint density at radius 2 is 2.10 bits per heavy atom. The van der Waals surface area contributed by atoms with Crippen LogP contribution in [0.5, 0.6) is 5.75 Å². The number of aromatic hydroxyl groups is 1. The van der Waals surface area contributed by atoms with Crippen molar-refractivity contribution in [3.05, 3.63) is 29.6 Å². The van der Waals surface area contributed by atoms with Gasteiger partial charge >= 0.3 is 6.18 Å². The summed E-state index contributed by atoms with van der Waals surface area (Å²) in [5.74, 6) is -0.0519. The van der Waals surface area contributed by atoms with E-state index in [1.54, 1.807) is 12.1 Å². The Balaban J connectivity index is 2.07. The highest BCUT2D eigenvalue weighted by Gasteiger charge is 2.27. The number of nitrogens with zero attached hydrogens (tertiary/aromatic N) is 2. The molecule has 0 unspecified atom stereocenters. The van der Waals surface area contributed by atoms with E-state index < -0.39 is 19.4 Å². The summed E-state index contributed by atoms with van der Waals surface area (Å²) in [6.45, 7) is 0.00875. The molecule has 0 aliphatic rings. The van der Waals surface area contributed by atoms with E-state index in [1.165, 1.54) is 6.07 Å². The average Bonchev–Trinajstić information content (AvgIpc) is 2.79. The molecule has 0 bridgehead atoms. The third-order valence-electron chi connectivity index (χ3n) is 2.35. The Hall–Kier alpha value is -2.09. The summed E-state index contributed by atoms with van der Waals surface area (Å²) >= 11 is 0. The molecule has 20 heavy (non-hydrogen) atoms. The zero-order chi connectivity index (χ0) is 14.8. The van der Waals surface area contributed by atoms with Gasteiger partial charge in [-0.1, -0.05) is 16.8 Å². The molecule has 2 aromatic rings. The lowest BCUT2D eigenvalue weighted by Gasteiger charge is -2.04. The van der Waals surface area contributed by atoms with Crippen LogP contribution in [0.2, 0.25) is 0 Å². The van der Waals surface area contributed by atoms with Crippen molar-refractivity contribution in [2.75, 3.05) is 6.61 Å². The summed E-state index contributed by atoms with van der Waals surface area (Å²) in [7, 11) is 0. The zero-order valence-electron chi connectivity index (χ0n) is 10.4. The quantitative estimate of drug-likeness (QED) is 0.937. The Labute approximate surface area is 112 Å². The van der Waals surface area contributed by atoms with Crippen LogP contribution in [0.15, 0.2) is 22.7 Å². The van der Waals surface area contributed by atoms with Crippen LogP contribution >= 0.6 is 0 Å². The van der Waals surface area contributed by atoms with Crippen LogP contribution in [-0.4, -0.2) is 28.0 Å². The highest BCUT2D eigenvalue weighted by Crippen LogP contribution is 2.28. The number of benzene rings is 1. The van der Waals surface area contributed by atoms with Crippen LogP contribution in [0.4, 0.5) is 13.2 Å². The normalized spacial score (nSPS) is 11.8. The number of halogens is 3. The maximum Gasteiger partial charge on any atom is 0.411 e. The maximum atomic E-state index is 11.9. The van der Waals surface area contributed by atoms with Crippen molar-refractivity contribution in [3.8, 4) is 17.2 Å². The summed E-state index contributed by atoms with van der Waals surface area (Å²) in [4.78, 5) is 3.87. The first-order valence-corrected chi connectivity index (χ1v) is 5.62. The van der Waals surface area contributed by atoms with Crippen molar-refractivity contribution in [1.82, 2.24) is 10.1 Å². The van der Waals surface area contributed by atoms with Crippen molar-refractivity contribution in [2.24, 2.45) is 0 Å². The third kappa shape index (κ3) is 3.70. The molecule has 1 heterocycles. The fourth-order valence-electron chi connectivity index (χ4n) is 1.50. The molecule has 0 saturated heterocycles. The average molecular weight is 288 g/mol. The van der Waals surface area contributed by atoms with E-state index in [0.29, 0.717) is 5.56 Å². The minimum atomic E-state index is -4.40. The van der Waals surface area contributed by atoms with Gasteiger partial charge in [-0.05, 0) is 19.1 Å². The number of rotatable bonds is 4. The molecule has 1 aromatic carbocycles. The van der Waals surface area contributed by atoms with Crippen LogP contribution in [0.25, 0.3) is 11.5 Å². The molecule has 0 radical (unpaired) electrons. The predicted molar refractivity (Wildman–Crippen MR) is 61.8 cm³/mol. The molecule has 2 rings (SSSR count). The van der Waals surface area contributed by atoms with Gasteiger partial charge in [-0.25, -0.2) is 0 Å². The van der Waals surface area contributed by atoms with Gasteiger partial charge in [0.2, 0.25) is 0 Å². The van der Waals surface area contributed by atoms with Gasteiger partial charge in [0.05, 0.1) is 5.56 Å². The third-order valence-corrected chi connectivity index (χ3v) is 2.35. The van der Waals surface area contributed by atoms with E-state index in [9.17, 15) is 18.3 Å². The number of phenolic OH excluding ortho intramolecular Hbond substituents is 1. The number of aryl methyl sites for hydroxylation is 1. The van der Waals surface area contributed by atoms with Gasteiger partial charge in [-0.3, -0.25) is 0 Å². The van der Waals surface area contributed by atoms with Gasteiger partial charge < -0.3 is 14.4 Å². The lowest BCUT2D eigenvalue weighted by atomic mass is 10.1. The highest BCUT2D eigenvalue weighted by atomic mass is 19.4. The standard InChI is InChI=1S/C12H11F3N2O3/c1-7-2-3-9(18)8(4-7)11-16-10(17-20-11)5-19-6-12(13,14)15/h2-4,18H,5-6H2,1H3. The second kappa shape index (κ2) is 5.49. The monoisotopic (exact) mass is 288 g/mol. The first-order chi connectivity index (χ1) is 9.35. The smallest absolute Gasteiger partial charge is 0.411 e. The van der Waals surface area contributed by atoms with Crippen LogP contribution in [-0.2, 0) is 11.3 Å². The first kappa shape index (κ1) is 14.3. The van der Waals surface area contributed by atoms with E-state index in [0.717, 1.165) is 5.56 Å². The van der Waals surface area contributed by atoms with Gasteiger partial charge in [0.25, 0.3) is 5.89 Å². The molecular formula is C12H11F3N2O3. The largest absolute Gasteiger partial charge is 0.507 e. The van der Waals surface area contributed by atoms with Crippen molar-refractivity contribution in [2.45, 2.75) is 19.7 Å². The van der Waals surface area contributed by atoms with Gasteiger partial charge in [-0.2, -0.15) is 18.2 Å².